The van der Waals surface area contributed by atoms with Crippen LogP contribution in [-0.2, 0) is 10.0 Å². The van der Waals surface area contributed by atoms with E-state index in [1.807, 2.05) is 18.7 Å². The van der Waals surface area contributed by atoms with E-state index in [1.54, 1.807) is 0 Å². The number of aromatic nitrogens is 2. The second-order valence-electron chi connectivity index (χ2n) is 5.29. The Bertz CT molecular complexity index is 630. The minimum atomic E-state index is -3.14. The summed E-state index contributed by atoms with van der Waals surface area (Å²) >= 11 is 0. The lowest BCUT2D eigenvalue weighted by atomic mass is 10.2. The van der Waals surface area contributed by atoms with Gasteiger partial charge in [0.1, 0.15) is 11.6 Å². The number of piperazine rings is 1. The van der Waals surface area contributed by atoms with Crippen molar-refractivity contribution >= 4 is 15.8 Å². The second-order valence-corrected chi connectivity index (χ2v) is 7.28. The molecule has 0 atom stereocenters. The zero-order valence-corrected chi connectivity index (χ0v) is 12.8. The van der Waals surface area contributed by atoms with Crippen molar-refractivity contribution < 1.29 is 8.42 Å². The lowest BCUT2D eigenvalue weighted by Gasteiger charge is -2.34. The Morgan fingerprint density at radius 2 is 1.85 bits per heavy atom. The average molecular weight is 300 g/mol. The Balaban J connectivity index is 2.17. The lowest BCUT2D eigenvalue weighted by Crippen LogP contribution is -2.48. The molecule has 8 heteroatoms. The van der Waals surface area contributed by atoms with Crippen molar-refractivity contribution in [2.45, 2.75) is 19.8 Å². The van der Waals surface area contributed by atoms with Crippen LogP contribution in [-0.4, -0.2) is 55.1 Å². The first kappa shape index (κ1) is 15.0. The largest absolute Gasteiger partial charge is 0.354 e. The molecule has 1 fully saturated rings. The molecule has 1 saturated heterocycles. The van der Waals surface area contributed by atoms with Crippen molar-refractivity contribution in [2.24, 2.45) is 0 Å². The summed E-state index contributed by atoms with van der Waals surface area (Å²) in [6, 6.07) is 1.46. The van der Waals surface area contributed by atoms with Crippen LogP contribution in [0.25, 0.3) is 0 Å². The topological polar surface area (TPSA) is 86.4 Å². The molecule has 2 rings (SSSR count). The SMILES string of the molecule is CC(C)c1nc(N2CCN(S(C)(=O)=O)CC2)cc(=O)[nH]1. The van der Waals surface area contributed by atoms with E-state index < -0.39 is 10.0 Å². The first-order valence-corrected chi connectivity index (χ1v) is 8.43. The van der Waals surface area contributed by atoms with Crippen LogP contribution in [0.1, 0.15) is 25.6 Å². The van der Waals surface area contributed by atoms with Crippen LogP contribution in [0.5, 0.6) is 0 Å². The molecule has 1 aliphatic rings. The fraction of sp³-hybridized carbons (Fsp3) is 0.667. The van der Waals surface area contributed by atoms with Gasteiger partial charge in [0.2, 0.25) is 10.0 Å². The number of H-pyrrole nitrogens is 1. The van der Waals surface area contributed by atoms with Gasteiger partial charge in [0, 0.05) is 38.2 Å². The highest BCUT2D eigenvalue weighted by Gasteiger charge is 2.24. The van der Waals surface area contributed by atoms with E-state index in [1.165, 1.54) is 16.6 Å². The molecule has 7 nitrogen and oxygen atoms in total. The van der Waals surface area contributed by atoms with Gasteiger partial charge in [-0.2, -0.15) is 4.31 Å². The Morgan fingerprint density at radius 1 is 1.25 bits per heavy atom. The molecule has 0 unspecified atom stereocenters. The lowest BCUT2D eigenvalue weighted by molar-refractivity contribution is 0.386. The van der Waals surface area contributed by atoms with E-state index in [0.717, 1.165) is 0 Å². The Morgan fingerprint density at radius 3 is 2.35 bits per heavy atom. The van der Waals surface area contributed by atoms with Gasteiger partial charge in [-0.1, -0.05) is 13.8 Å². The van der Waals surface area contributed by atoms with Gasteiger partial charge < -0.3 is 9.88 Å². The minimum absolute atomic E-state index is 0.139. The van der Waals surface area contributed by atoms with Gasteiger partial charge in [0.05, 0.1) is 6.26 Å². The second kappa shape index (κ2) is 5.53. The zero-order chi connectivity index (χ0) is 14.9. The minimum Gasteiger partial charge on any atom is -0.354 e. The van der Waals surface area contributed by atoms with Crippen LogP contribution in [0, 0.1) is 0 Å². The number of hydrogen-bond acceptors (Lipinski definition) is 5. The first-order chi connectivity index (χ1) is 9.27. The third-order valence-electron chi connectivity index (χ3n) is 3.32. The number of nitrogens with one attached hydrogen (secondary N) is 1. The van der Waals surface area contributed by atoms with Crippen molar-refractivity contribution in [1.29, 1.82) is 0 Å². The van der Waals surface area contributed by atoms with Crippen LogP contribution in [0.3, 0.4) is 0 Å². The molecule has 0 aliphatic carbocycles. The molecule has 0 spiro atoms. The quantitative estimate of drug-likeness (QED) is 0.847. The Kier molecular flexibility index (Phi) is 4.14. The monoisotopic (exact) mass is 300 g/mol. The van der Waals surface area contributed by atoms with Crippen molar-refractivity contribution in [2.75, 3.05) is 37.3 Å². The highest BCUT2D eigenvalue weighted by molar-refractivity contribution is 7.88. The van der Waals surface area contributed by atoms with Crippen LogP contribution >= 0.6 is 0 Å². The van der Waals surface area contributed by atoms with E-state index in [9.17, 15) is 13.2 Å². The van der Waals surface area contributed by atoms with Crippen molar-refractivity contribution in [3.05, 3.63) is 22.2 Å². The van der Waals surface area contributed by atoms with Crippen LogP contribution < -0.4 is 10.5 Å². The van der Waals surface area contributed by atoms with E-state index in [0.29, 0.717) is 37.8 Å². The van der Waals surface area contributed by atoms with Gasteiger partial charge in [-0.05, 0) is 0 Å². The summed E-state index contributed by atoms with van der Waals surface area (Å²) in [6.45, 7) is 5.85. The molecular weight excluding hydrogens is 280 g/mol. The maximum absolute atomic E-state index is 11.7. The summed E-state index contributed by atoms with van der Waals surface area (Å²) in [7, 11) is -3.14. The van der Waals surface area contributed by atoms with Crippen LogP contribution in [0.2, 0.25) is 0 Å². The van der Waals surface area contributed by atoms with Gasteiger partial charge in [0.15, 0.2) is 0 Å². The van der Waals surface area contributed by atoms with Crippen LogP contribution in [0.15, 0.2) is 10.9 Å². The highest BCUT2D eigenvalue weighted by Crippen LogP contribution is 2.15. The normalized spacial score (nSPS) is 17.7. The maximum Gasteiger partial charge on any atom is 0.252 e. The molecule has 1 aliphatic heterocycles. The van der Waals surface area contributed by atoms with Gasteiger partial charge in [-0.3, -0.25) is 4.79 Å². The van der Waals surface area contributed by atoms with E-state index in [2.05, 4.69) is 9.97 Å². The van der Waals surface area contributed by atoms with Crippen molar-refractivity contribution in [3.63, 3.8) is 0 Å². The molecule has 0 bridgehead atoms. The molecule has 112 valence electrons. The smallest absolute Gasteiger partial charge is 0.252 e. The molecule has 1 N–H and O–H groups in total. The number of anilines is 1. The third kappa shape index (κ3) is 3.37. The Hall–Kier alpha value is -1.41. The number of rotatable bonds is 3. The summed E-state index contributed by atoms with van der Waals surface area (Å²) in [5.74, 6) is 1.41. The number of aromatic amines is 1. The van der Waals surface area contributed by atoms with Crippen molar-refractivity contribution in [1.82, 2.24) is 14.3 Å². The predicted molar refractivity (Wildman–Crippen MR) is 77.6 cm³/mol. The molecular formula is C12H20N4O3S. The molecule has 0 aromatic carbocycles. The van der Waals surface area contributed by atoms with E-state index >= 15 is 0 Å². The van der Waals surface area contributed by atoms with Gasteiger partial charge >= 0.3 is 0 Å². The Labute approximate surface area is 118 Å². The summed E-state index contributed by atoms with van der Waals surface area (Å²) in [5, 5.41) is 0. The van der Waals surface area contributed by atoms with E-state index in [-0.39, 0.29) is 11.5 Å². The predicted octanol–water partition coefficient (Wildman–Crippen LogP) is -0.0251. The fourth-order valence-corrected chi connectivity index (χ4v) is 2.97. The summed E-state index contributed by atoms with van der Waals surface area (Å²) in [5.41, 5.74) is -0.177. The van der Waals surface area contributed by atoms with Gasteiger partial charge in [0.25, 0.3) is 5.56 Å². The average Bonchev–Trinajstić information content (AvgIpc) is 2.37. The summed E-state index contributed by atoms with van der Waals surface area (Å²) in [4.78, 5) is 20.8. The molecule has 1 aromatic rings. The molecule has 2 heterocycles. The molecule has 0 saturated carbocycles. The summed E-state index contributed by atoms with van der Waals surface area (Å²) in [6.07, 6.45) is 1.21. The standard InChI is InChI=1S/C12H20N4O3S/c1-9(2)12-13-10(8-11(17)14-12)15-4-6-16(7-5-15)20(3,18)19/h8-9H,4-7H2,1-3H3,(H,13,14,17). The van der Waals surface area contributed by atoms with Crippen molar-refractivity contribution in [3.8, 4) is 0 Å². The highest BCUT2D eigenvalue weighted by atomic mass is 32.2. The zero-order valence-electron chi connectivity index (χ0n) is 12.0. The molecule has 20 heavy (non-hydrogen) atoms. The molecule has 1 aromatic heterocycles. The van der Waals surface area contributed by atoms with Gasteiger partial charge in [-0.15, -0.1) is 0 Å². The van der Waals surface area contributed by atoms with E-state index in [4.69, 9.17) is 0 Å². The number of sulfonamides is 1. The number of nitrogens with zero attached hydrogens (tertiary/aromatic N) is 3. The maximum atomic E-state index is 11.7. The molecule has 0 amide bonds. The number of hydrogen-bond donors (Lipinski definition) is 1. The third-order valence-corrected chi connectivity index (χ3v) is 4.63. The fourth-order valence-electron chi connectivity index (χ4n) is 2.15. The first-order valence-electron chi connectivity index (χ1n) is 6.58. The summed E-state index contributed by atoms with van der Waals surface area (Å²) < 4.78 is 24.4. The van der Waals surface area contributed by atoms with Gasteiger partial charge in [-0.25, -0.2) is 13.4 Å². The molecule has 0 radical (unpaired) electrons. The van der Waals surface area contributed by atoms with Crippen LogP contribution in [0.4, 0.5) is 5.82 Å².